The molecule has 1 aromatic heterocycles. The molecule has 0 aliphatic heterocycles. The van der Waals surface area contributed by atoms with Gasteiger partial charge in [-0.25, -0.2) is 9.37 Å². The number of rotatable bonds is 4. The van der Waals surface area contributed by atoms with Gasteiger partial charge in [-0.3, -0.25) is 0 Å². The van der Waals surface area contributed by atoms with Crippen LogP contribution in [-0.2, 0) is 19.4 Å². The van der Waals surface area contributed by atoms with Crippen LogP contribution in [0.3, 0.4) is 0 Å². The zero-order valence-electron chi connectivity index (χ0n) is 12.0. The van der Waals surface area contributed by atoms with Crippen LogP contribution in [0.4, 0.5) is 10.1 Å². The summed E-state index contributed by atoms with van der Waals surface area (Å²) >= 11 is 0. The summed E-state index contributed by atoms with van der Waals surface area (Å²) in [4.78, 5) is 4.64. The van der Waals surface area contributed by atoms with Crippen molar-refractivity contribution in [2.24, 2.45) is 0 Å². The van der Waals surface area contributed by atoms with E-state index in [1.807, 2.05) is 30.3 Å². The Balaban J connectivity index is 1.90. The molecular formula is C17H18FN3. The SMILES string of the molecule is CCc1nc2cc(N)ccc2n1CCc1ccc(F)cc1. The van der Waals surface area contributed by atoms with Gasteiger partial charge in [0.25, 0.3) is 0 Å². The number of imidazole rings is 1. The predicted molar refractivity (Wildman–Crippen MR) is 83.6 cm³/mol. The van der Waals surface area contributed by atoms with E-state index >= 15 is 0 Å². The highest BCUT2D eigenvalue weighted by Gasteiger charge is 2.09. The van der Waals surface area contributed by atoms with Crippen molar-refractivity contribution in [1.29, 1.82) is 0 Å². The number of nitrogen functional groups attached to an aromatic ring is 1. The maximum atomic E-state index is 12.9. The third-order valence-corrected chi connectivity index (χ3v) is 3.70. The van der Waals surface area contributed by atoms with E-state index in [1.165, 1.54) is 12.1 Å². The summed E-state index contributed by atoms with van der Waals surface area (Å²) in [5.41, 5.74) is 9.71. The van der Waals surface area contributed by atoms with Gasteiger partial charge in [-0.05, 0) is 42.3 Å². The Hall–Kier alpha value is -2.36. The van der Waals surface area contributed by atoms with Crippen LogP contribution in [0.25, 0.3) is 11.0 Å². The quantitative estimate of drug-likeness (QED) is 0.744. The molecule has 0 bridgehead atoms. The van der Waals surface area contributed by atoms with E-state index in [4.69, 9.17) is 5.73 Å². The number of aryl methyl sites for hydroxylation is 3. The van der Waals surface area contributed by atoms with Gasteiger partial charge in [-0.1, -0.05) is 19.1 Å². The van der Waals surface area contributed by atoms with E-state index < -0.39 is 0 Å². The van der Waals surface area contributed by atoms with Gasteiger partial charge < -0.3 is 10.3 Å². The van der Waals surface area contributed by atoms with E-state index in [1.54, 1.807) is 0 Å². The summed E-state index contributed by atoms with van der Waals surface area (Å²) in [5.74, 6) is 0.856. The lowest BCUT2D eigenvalue weighted by molar-refractivity contribution is 0.625. The molecule has 4 heteroatoms. The monoisotopic (exact) mass is 283 g/mol. The summed E-state index contributed by atoms with van der Waals surface area (Å²) in [6.07, 6.45) is 1.72. The van der Waals surface area contributed by atoms with Crippen LogP contribution in [0.15, 0.2) is 42.5 Å². The van der Waals surface area contributed by atoms with Crippen molar-refractivity contribution in [3.05, 3.63) is 59.7 Å². The zero-order valence-corrected chi connectivity index (χ0v) is 12.0. The average molecular weight is 283 g/mol. The molecule has 2 N–H and O–H groups in total. The summed E-state index contributed by atoms with van der Waals surface area (Å²) in [6, 6.07) is 12.5. The second-order valence-corrected chi connectivity index (χ2v) is 5.16. The van der Waals surface area contributed by atoms with Crippen molar-refractivity contribution in [2.45, 2.75) is 26.3 Å². The van der Waals surface area contributed by atoms with Crippen LogP contribution in [-0.4, -0.2) is 9.55 Å². The van der Waals surface area contributed by atoms with Crippen LogP contribution >= 0.6 is 0 Å². The molecule has 2 aromatic carbocycles. The van der Waals surface area contributed by atoms with E-state index in [-0.39, 0.29) is 5.82 Å². The Morgan fingerprint density at radius 3 is 2.62 bits per heavy atom. The van der Waals surface area contributed by atoms with Crippen LogP contribution in [0.1, 0.15) is 18.3 Å². The van der Waals surface area contributed by atoms with Crippen LogP contribution in [0.2, 0.25) is 0 Å². The first-order valence-electron chi connectivity index (χ1n) is 7.16. The van der Waals surface area contributed by atoms with Crippen LogP contribution < -0.4 is 5.73 Å². The molecule has 21 heavy (non-hydrogen) atoms. The van der Waals surface area contributed by atoms with Gasteiger partial charge in [0.1, 0.15) is 11.6 Å². The number of hydrogen-bond acceptors (Lipinski definition) is 2. The fourth-order valence-corrected chi connectivity index (χ4v) is 2.61. The molecule has 0 aliphatic rings. The highest BCUT2D eigenvalue weighted by molar-refractivity contribution is 5.79. The maximum Gasteiger partial charge on any atom is 0.123 e. The molecule has 3 nitrogen and oxygen atoms in total. The summed E-state index contributed by atoms with van der Waals surface area (Å²) in [7, 11) is 0. The van der Waals surface area contributed by atoms with Crippen molar-refractivity contribution >= 4 is 16.7 Å². The molecular weight excluding hydrogens is 265 g/mol. The van der Waals surface area contributed by atoms with E-state index in [9.17, 15) is 4.39 Å². The summed E-state index contributed by atoms with van der Waals surface area (Å²) in [5, 5.41) is 0. The van der Waals surface area contributed by atoms with Crippen molar-refractivity contribution in [1.82, 2.24) is 9.55 Å². The number of aromatic nitrogens is 2. The minimum absolute atomic E-state index is 0.198. The zero-order chi connectivity index (χ0) is 14.8. The highest BCUT2D eigenvalue weighted by Crippen LogP contribution is 2.20. The normalized spacial score (nSPS) is 11.1. The summed E-state index contributed by atoms with van der Waals surface area (Å²) in [6.45, 7) is 2.92. The highest BCUT2D eigenvalue weighted by atomic mass is 19.1. The molecule has 0 spiro atoms. The van der Waals surface area contributed by atoms with Crippen LogP contribution in [0, 0.1) is 5.82 Å². The molecule has 0 aliphatic carbocycles. The van der Waals surface area contributed by atoms with Crippen molar-refractivity contribution in [3.8, 4) is 0 Å². The van der Waals surface area contributed by atoms with E-state index in [0.717, 1.165) is 47.5 Å². The molecule has 108 valence electrons. The average Bonchev–Trinajstić information content (AvgIpc) is 2.83. The number of halogens is 1. The topological polar surface area (TPSA) is 43.8 Å². The van der Waals surface area contributed by atoms with Gasteiger partial charge >= 0.3 is 0 Å². The molecule has 0 saturated heterocycles. The molecule has 0 unspecified atom stereocenters. The molecule has 0 saturated carbocycles. The number of nitrogens with zero attached hydrogens (tertiary/aromatic N) is 2. The molecule has 0 radical (unpaired) electrons. The van der Waals surface area contributed by atoms with Gasteiger partial charge in [0.2, 0.25) is 0 Å². The predicted octanol–water partition coefficient (Wildman–Crippen LogP) is 3.56. The van der Waals surface area contributed by atoms with Gasteiger partial charge in [0.05, 0.1) is 11.0 Å². The second-order valence-electron chi connectivity index (χ2n) is 5.16. The van der Waals surface area contributed by atoms with Gasteiger partial charge in [-0.2, -0.15) is 0 Å². The molecule has 3 rings (SSSR count). The molecule has 3 aromatic rings. The fourth-order valence-electron chi connectivity index (χ4n) is 2.61. The first kappa shape index (κ1) is 13.6. The lowest BCUT2D eigenvalue weighted by atomic mass is 10.1. The Morgan fingerprint density at radius 2 is 1.90 bits per heavy atom. The van der Waals surface area contributed by atoms with Crippen molar-refractivity contribution in [2.75, 3.05) is 5.73 Å². The fraction of sp³-hybridized carbons (Fsp3) is 0.235. The minimum atomic E-state index is -0.198. The summed E-state index contributed by atoms with van der Waals surface area (Å²) < 4.78 is 15.2. The maximum absolute atomic E-state index is 12.9. The van der Waals surface area contributed by atoms with Crippen molar-refractivity contribution < 1.29 is 4.39 Å². The Morgan fingerprint density at radius 1 is 1.14 bits per heavy atom. The lowest BCUT2D eigenvalue weighted by Gasteiger charge is -2.08. The third kappa shape index (κ3) is 2.75. The Labute approximate surface area is 123 Å². The van der Waals surface area contributed by atoms with Gasteiger partial charge in [0, 0.05) is 18.7 Å². The molecule has 0 amide bonds. The van der Waals surface area contributed by atoms with E-state index in [0.29, 0.717) is 0 Å². The van der Waals surface area contributed by atoms with Gasteiger partial charge in [-0.15, -0.1) is 0 Å². The third-order valence-electron chi connectivity index (χ3n) is 3.70. The smallest absolute Gasteiger partial charge is 0.123 e. The first-order valence-corrected chi connectivity index (χ1v) is 7.16. The van der Waals surface area contributed by atoms with Crippen molar-refractivity contribution in [3.63, 3.8) is 0 Å². The largest absolute Gasteiger partial charge is 0.399 e. The first-order chi connectivity index (χ1) is 10.2. The van der Waals surface area contributed by atoms with E-state index in [2.05, 4.69) is 16.5 Å². The molecule has 0 atom stereocenters. The second kappa shape index (κ2) is 5.56. The number of anilines is 1. The minimum Gasteiger partial charge on any atom is -0.399 e. The Bertz CT molecular complexity index is 760. The van der Waals surface area contributed by atoms with Crippen LogP contribution in [0.5, 0.6) is 0 Å². The molecule has 0 fully saturated rings. The number of benzene rings is 2. The Kier molecular flexibility index (Phi) is 3.60. The number of hydrogen-bond donors (Lipinski definition) is 1. The molecule has 1 heterocycles. The van der Waals surface area contributed by atoms with Gasteiger partial charge in [0.15, 0.2) is 0 Å². The lowest BCUT2D eigenvalue weighted by Crippen LogP contribution is -2.05. The number of nitrogens with two attached hydrogens (primary N) is 1. The standard InChI is InChI=1S/C17H18FN3/c1-2-17-20-15-11-14(19)7-8-16(15)21(17)10-9-12-3-5-13(18)6-4-12/h3-8,11H,2,9-10,19H2,1H3. The number of fused-ring (bicyclic) bond motifs is 1.